The molecule has 4 heterocycles. The van der Waals surface area contributed by atoms with E-state index in [9.17, 15) is 9.59 Å². The van der Waals surface area contributed by atoms with Crippen molar-refractivity contribution in [3.05, 3.63) is 63.3 Å². The molecule has 6 nitrogen and oxygen atoms in total. The summed E-state index contributed by atoms with van der Waals surface area (Å²) >= 11 is 0. The zero-order chi connectivity index (χ0) is 26.0. The number of nitrogens with one attached hydrogen (secondary N) is 1. The van der Waals surface area contributed by atoms with Crippen molar-refractivity contribution in [1.82, 2.24) is 19.4 Å². The molecule has 2 unspecified atom stereocenters. The number of rotatable bonds is 5. The predicted octanol–water partition coefficient (Wildman–Crippen LogP) is 5.77. The molecule has 5 fully saturated rings. The second-order valence-electron chi connectivity index (χ2n) is 13.1. The van der Waals surface area contributed by atoms with E-state index in [0.717, 1.165) is 41.6 Å². The summed E-state index contributed by atoms with van der Waals surface area (Å²) in [5.41, 5.74) is 2.41. The van der Waals surface area contributed by atoms with Gasteiger partial charge in [0.15, 0.2) is 0 Å². The Balaban J connectivity index is 1.18. The molecule has 3 aliphatic carbocycles. The maximum atomic E-state index is 14.0. The van der Waals surface area contributed by atoms with Crippen molar-refractivity contribution >= 4 is 11.0 Å². The monoisotopic (exact) mass is 512 g/mol. The van der Waals surface area contributed by atoms with Gasteiger partial charge in [-0.05, 0) is 105 Å². The average molecular weight is 513 g/mol. The SMILES string of the molecule is CC1(C)[C@H]2CC[C@@H](CCN3C4CCCC3CC(n3c(=O)c(-c5ccc[nH]c5=O)nc5ccccc53)C4)[C@@H]1C2. The van der Waals surface area contributed by atoms with Crippen LogP contribution in [0.3, 0.4) is 0 Å². The third kappa shape index (κ3) is 3.82. The van der Waals surface area contributed by atoms with Gasteiger partial charge < -0.3 is 9.55 Å². The van der Waals surface area contributed by atoms with E-state index in [1.54, 1.807) is 18.3 Å². The molecular weight excluding hydrogens is 472 g/mol. The molecule has 5 atom stereocenters. The van der Waals surface area contributed by atoms with Crippen LogP contribution in [-0.2, 0) is 0 Å². The van der Waals surface area contributed by atoms with Gasteiger partial charge in [-0.1, -0.05) is 32.4 Å². The van der Waals surface area contributed by atoms with E-state index in [1.807, 2.05) is 28.8 Å². The minimum absolute atomic E-state index is 0.129. The third-order valence-electron chi connectivity index (χ3n) is 11.1. The first-order valence-electron chi connectivity index (χ1n) is 14.9. The summed E-state index contributed by atoms with van der Waals surface area (Å²) < 4.78 is 1.99. The second kappa shape index (κ2) is 9.18. The normalized spacial score (nSPS) is 32.2. The Morgan fingerprint density at radius 2 is 1.74 bits per heavy atom. The molecule has 8 rings (SSSR count). The molecular formula is C32H40N4O2. The molecule has 0 radical (unpaired) electrons. The van der Waals surface area contributed by atoms with Crippen molar-refractivity contribution in [2.24, 2.45) is 23.2 Å². The summed E-state index contributed by atoms with van der Waals surface area (Å²) in [6.45, 7) is 6.22. The van der Waals surface area contributed by atoms with Crippen LogP contribution in [0.1, 0.15) is 77.7 Å². The lowest BCUT2D eigenvalue weighted by molar-refractivity contribution is -0.111. The van der Waals surface area contributed by atoms with E-state index in [1.165, 1.54) is 51.5 Å². The van der Waals surface area contributed by atoms with Crippen LogP contribution in [0.2, 0.25) is 0 Å². The Bertz CT molecular complexity index is 1460. The summed E-state index contributed by atoms with van der Waals surface area (Å²) in [4.78, 5) is 36.8. The maximum Gasteiger partial charge on any atom is 0.278 e. The van der Waals surface area contributed by atoms with Crippen molar-refractivity contribution in [2.75, 3.05) is 6.54 Å². The molecule has 38 heavy (non-hydrogen) atoms. The van der Waals surface area contributed by atoms with Crippen LogP contribution >= 0.6 is 0 Å². The van der Waals surface area contributed by atoms with Gasteiger partial charge in [0, 0.05) is 24.3 Å². The number of nitrogens with zero attached hydrogens (tertiary/aromatic N) is 3. The lowest BCUT2D eigenvalue weighted by atomic mass is 9.45. The number of piperidine rings is 2. The molecule has 3 saturated carbocycles. The number of aromatic amines is 1. The van der Waals surface area contributed by atoms with Crippen molar-refractivity contribution in [3.8, 4) is 11.3 Å². The van der Waals surface area contributed by atoms with Crippen LogP contribution in [0.15, 0.2) is 52.2 Å². The number of pyridine rings is 1. The van der Waals surface area contributed by atoms with Crippen molar-refractivity contribution in [3.63, 3.8) is 0 Å². The number of fused-ring (bicyclic) bond motifs is 5. The summed E-state index contributed by atoms with van der Waals surface area (Å²) in [5.74, 6) is 2.76. The van der Waals surface area contributed by atoms with Crippen molar-refractivity contribution in [1.29, 1.82) is 0 Å². The molecule has 2 saturated heterocycles. The number of para-hydroxylation sites is 2. The third-order valence-corrected chi connectivity index (χ3v) is 11.1. The standard InChI is InChI=1S/C32H40N4O2/c1-32(2)21-13-12-20(26(32)17-21)14-16-35-22-7-5-8-23(35)19-24(18-22)36-28-11-4-3-10-27(28)34-29(31(36)38)25-9-6-15-33-30(25)37/h3-4,6,9-11,15,20-24,26H,5,7-8,12-14,16-19H2,1-2H3,(H,33,37)/t20-,21-,22?,23?,24?,26-/m0/s1. The highest BCUT2D eigenvalue weighted by Crippen LogP contribution is 2.62. The fourth-order valence-corrected chi connectivity index (χ4v) is 8.95. The largest absolute Gasteiger partial charge is 0.329 e. The number of hydrogen-bond donors (Lipinski definition) is 1. The van der Waals surface area contributed by atoms with Gasteiger partial charge in [-0.15, -0.1) is 0 Å². The summed E-state index contributed by atoms with van der Waals surface area (Å²) in [6.07, 6.45) is 12.9. The Kier molecular flexibility index (Phi) is 5.88. The van der Waals surface area contributed by atoms with Gasteiger partial charge in [0.25, 0.3) is 11.1 Å². The van der Waals surface area contributed by atoms with Crippen LogP contribution in [0.4, 0.5) is 0 Å². The summed E-state index contributed by atoms with van der Waals surface area (Å²) in [5, 5.41) is 0. The number of benzene rings is 1. The average Bonchev–Trinajstić information content (AvgIpc) is 2.91. The molecule has 2 aromatic heterocycles. The fraction of sp³-hybridized carbons (Fsp3) is 0.594. The van der Waals surface area contributed by atoms with E-state index in [0.29, 0.717) is 23.1 Å². The van der Waals surface area contributed by atoms with Gasteiger partial charge in [-0.25, -0.2) is 4.98 Å². The zero-order valence-electron chi connectivity index (χ0n) is 22.7. The first-order chi connectivity index (χ1) is 18.4. The molecule has 1 aromatic carbocycles. The molecule has 1 N–H and O–H groups in total. The Hall–Kier alpha value is -2.73. The van der Waals surface area contributed by atoms with E-state index in [4.69, 9.17) is 0 Å². The van der Waals surface area contributed by atoms with Gasteiger partial charge in [0.05, 0.1) is 16.6 Å². The van der Waals surface area contributed by atoms with E-state index < -0.39 is 0 Å². The van der Waals surface area contributed by atoms with Gasteiger partial charge in [-0.2, -0.15) is 0 Å². The van der Waals surface area contributed by atoms with Gasteiger partial charge in [0.1, 0.15) is 5.69 Å². The highest BCUT2D eigenvalue weighted by atomic mass is 16.1. The molecule has 6 heteroatoms. The van der Waals surface area contributed by atoms with Gasteiger partial charge >= 0.3 is 0 Å². The minimum atomic E-state index is -0.269. The lowest BCUT2D eigenvalue weighted by Gasteiger charge is -2.60. The van der Waals surface area contributed by atoms with E-state index >= 15 is 0 Å². The molecule has 2 aliphatic heterocycles. The first kappa shape index (κ1) is 24.3. The summed E-state index contributed by atoms with van der Waals surface area (Å²) in [6, 6.07) is 12.6. The zero-order valence-corrected chi connectivity index (χ0v) is 22.7. The molecule has 4 bridgehead atoms. The molecule has 3 aromatic rings. The summed E-state index contributed by atoms with van der Waals surface area (Å²) in [7, 11) is 0. The molecule has 0 amide bonds. The van der Waals surface area contributed by atoms with Crippen LogP contribution in [0, 0.1) is 23.2 Å². The Morgan fingerprint density at radius 3 is 2.47 bits per heavy atom. The fourth-order valence-electron chi connectivity index (χ4n) is 8.95. The number of hydrogen-bond acceptors (Lipinski definition) is 4. The van der Waals surface area contributed by atoms with E-state index in [-0.39, 0.29) is 22.9 Å². The predicted molar refractivity (Wildman–Crippen MR) is 151 cm³/mol. The second-order valence-corrected chi connectivity index (χ2v) is 13.1. The van der Waals surface area contributed by atoms with Gasteiger partial charge in [0.2, 0.25) is 0 Å². The maximum absolute atomic E-state index is 14.0. The van der Waals surface area contributed by atoms with Crippen LogP contribution in [0.5, 0.6) is 0 Å². The van der Waals surface area contributed by atoms with Crippen LogP contribution < -0.4 is 11.1 Å². The number of H-pyrrole nitrogens is 1. The quantitative estimate of drug-likeness (QED) is 0.471. The lowest BCUT2D eigenvalue weighted by Crippen LogP contribution is -2.55. The van der Waals surface area contributed by atoms with Crippen molar-refractivity contribution in [2.45, 2.75) is 89.8 Å². The Labute approximate surface area is 224 Å². The first-order valence-corrected chi connectivity index (χ1v) is 14.9. The van der Waals surface area contributed by atoms with Crippen LogP contribution in [-0.4, -0.2) is 38.1 Å². The van der Waals surface area contributed by atoms with Crippen molar-refractivity contribution < 1.29 is 0 Å². The minimum Gasteiger partial charge on any atom is -0.329 e. The Morgan fingerprint density at radius 1 is 0.947 bits per heavy atom. The highest BCUT2D eigenvalue weighted by Gasteiger charge is 2.54. The topological polar surface area (TPSA) is 71.0 Å². The van der Waals surface area contributed by atoms with Gasteiger partial charge in [-0.3, -0.25) is 14.5 Å². The number of aromatic nitrogens is 3. The molecule has 0 spiro atoms. The molecule has 5 aliphatic rings. The molecule has 200 valence electrons. The highest BCUT2D eigenvalue weighted by molar-refractivity contribution is 5.77. The van der Waals surface area contributed by atoms with Crippen LogP contribution in [0.25, 0.3) is 22.3 Å². The smallest absolute Gasteiger partial charge is 0.278 e. The van der Waals surface area contributed by atoms with E-state index in [2.05, 4.69) is 28.7 Å².